The van der Waals surface area contributed by atoms with Gasteiger partial charge in [-0.15, -0.1) is 0 Å². The molecule has 1 amide bonds. The van der Waals surface area contributed by atoms with Crippen LogP contribution in [0.5, 0.6) is 11.5 Å². The number of hydrogen-bond acceptors (Lipinski definition) is 6. The van der Waals surface area contributed by atoms with Crippen LogP contribution in [0.3, 0.4) is 0 Å². The maximum absolute atomic E-state index is 12.9. The average Bonchev–Trinajstić information content (AvgIpc) is 3.28. The first-order valence-electron chi connectivity index (χ1n) is 10.1. The lowest BCUT2D eigenvalue weighted by atomic mass is 10.2. The third kappa shape index (κ3) is 3.86. The van der Waals surface area contributed by atoms with Gasteiger partial charge in [-0.25, -0.2) is 0 Å². The Labute approximate surface area is 174 Å². The van der Waals surface area contributed by atoms with E-state index in [-0.39, 0.29) is 12.5 Å². The molecule has 30 heavy (non-hydrogen) atoms. The molecular formula is C22H23N4O4+. The lowest BCUT2D eigenvalue weighted by Gasteiger charge is -2.34. The smallest absolute Gasteiger partial charge is 0.282 e. The molecule has 8 heteroatoms. The van der Waals surface area contributed by atoms with Gasteiger partial charge in [0.1, 0.15) is 6.61 Å². The standard InChI is InChI=1S/C22H22N4O4/c27-22(19-15-28-17-8-4-5-9-18(17)29-19)26-12-10-25(11-13-26)14-20-23-21(24-30-20)16-6-2-1-3-7-16/h1-9,19H,10-15H2/p+1/t19-/m0/s1. The molecular weight excluding hydrogens is 384 g/mol. The summed E-state index contributed by atoms with van der Waals surface area (Å²) in [7, 11) is 0. The molecule has 0 radical (unpaired) electrons. The first-order chi connectivity index (χ1) is 14.8. The van der Waals surface area contributed by atoms with Gasteiger partial charge in [0.25, 0.3) is 11.8 Å². The van der Waals surface area contributed by atoms with Crippen LogP contribution >= 0.6 is 0 Å². The highest BCUT2D eigenvalue weighted by Crippen LogP contribution is 2.31. The summed E-state index contributed by atoms with van der Waals surface area (Å²) < 4.78 is 17.0. The molecule has 3 aromatic rings. The minimum absolute atomic E-state index is 0.0206. The second-order valence-electron chi connectivity index (χ2n) is 7.49. The topological polar surface area (TPSA) is 82.1 Å². The van der Waals surface area contributed by atoms with Gasteiger partial charge >= 0.3 is 0 Å². The normalized spacial score (nSPS) is 18.9. The molecule has 1 fully saturated rings. The zero-order valence-electron chi connectivity index (χ0n) is 16.5. The molecule has 154 valence electrons. The Kier molecular flexibility index (Phi) is 5.06. The van der Waals surface area contributed by atoms with Gasteiger partial charge in [-0.2, -0.15) is 4.98 Å². The van der Waals surface area contributed by atoms with Crippen molar-refractivity contribution in [1.29, 1.82) is 0 Å². The van der Waals surface area contributed by atoms with Crippen LogP contribution in [-0.2, 0) is 11.3 Å². The molecule has 0 unspecified atom stereocenters. The molecule has 5 rings (SSSR count). The van der Waals surface area contributed by atoms with Crippen molar-refractivity contribution in [3.8, 4) is 22.9 Å². The van der Waals surface area contributed by atoms with Crippen molar-refractivity contribution >= 4 is 5.91 Å². The predicted octanol–water partition coefficient (Wildman–Crippen LogP) is 0.804. The SMILES string of the molecule is O=C([C@@H]1COc2ccccc2O1)N1CC[NH+](Cc2nc(-c3ccccc3)no2)CC1. The summed E-state index contributed by atoms with van der Waals surface area (Å²) >= 11 is 0. The van der Waals surface area contributed by atoms with Crippen LogP contribution in [0, 0.1) is 0 Å². The van der Waals surface area contributed by atoms with E-state index in [9.17, 15) is 4.79 Å². The summed E-state index contributed by atoms with van der Waals surface area (Å²) in [4.78, 5) is 20.5. The Balaban J connectivity index is 1.14. The van der Waals surface area contributed by atoms with Crippen molar-refractivity contribution in [3.05, 3.63) is 60.5 Å². The molecule has 2 aliphatic heterocycles. The van der Waals surface area contributed by atoms with Crippen LogP contribution in [0.1, 0.15) is 5.89 Å². The van der Waals surface area contributed by atoms with Gasteiger partial charge in [-0.05, 0) is 12.1 Å². The van der Waals surface area contributed by atoms with E-state index in [4.69, 9.17) is 14.0 Å². The van der Waals surface area contributed by atoms with Gasteiger partial charge < -0.3 is 23.8 Å². The maximum Gasteiger partial charge on any atom is 0.282 e. The van der Waals surface area contributed by atoms with Crippen LogP contribution in [0.15, 0.2) is 59.1 Å². The second-order valence-corrected chi connectivity index (χ2v) is 7.49. The summed E-state index contributed by atoms with van der Waals surface area (Å²) in [5, 5.41) is 4.08. The Morgan fingerprint density at radius 1 is 1.03 bits per heavy atom. The number of quaternary nitrogens is 1. The van der Waals surface area contributed by atoms with Crippen molar-refractivity contribution < 1.29 is 23.7 Å². The number of carbonyl (C=O) groups is 1. The van der Waals surface area contributed by atoms with Crippen molar-refractivity contribution in [2.24, 2.45) is 0 Å². The molecule has 0 spiro atoms. The fourth-order valence-corrected chi connectivity index (χ4v) is 3.81. The van der Waals surface area contributed by atoms with E-state index in [2.05, 4.69) is 10.1 Å². The Morgan fingerprint density at radius 3 is 2.57 bits per heavy atom. The predicted molar refractivity (Wildman–Crippen MR) is 107 cm³/mol. The van der Waals surface area contributed by atoms with Crippen molar-refractivity contribution in [3.63, 3.8) is 0 Å². The summed E-state index contributed by atoms with van der Waals surface area (Å²) in [6, 6.07) is 17.2. The minimum atomic E-state index is -0.592. The average molecular weight is 407 g/mol. The van der Waals surface area contributed by atoms with Gasteiger partial charge in [0.15, 0.2) is 18.0 Å². The number of carbonyl (C=O) groups excluding carboxylic acids is 1. The molecule has 1 saturated heterocycles. The van der Waals surface area contributed by atoms with E-state index in [1.165, 1.54) is 4.90 Å². The zero-order valence-corrected chi connectivity index (χ0v) is 16.5. The lowest BCUT2D eigenvalue weighted by Crippen LogP contribution is -3.13. The van der Waals surface area contributed by atoms with Crippen molar-refractivity contribution in [1.82, 2.24) is 15.0 Å². The molecule has 3 heterocycles. The second kappa shape index (κ2) is 8.16. The number of fused-ring (bicyclic) bond motifs is 1. The van der Waals surface area contributed by atoms with Crippen molar-refractivity contribution in [2.75, 3.05) is 32.8 Å². The molecule has 2 aliphatic rings. The minimum Gasteiger partial charge on any atom is -0.485 e. The van der Waals surface area contributed by atoms with Gasteiger partial charge in [0.05, 0.1) is 26.2 Å². The fourth-order valence-electron chi connectivity index (χ4n) is 3.81. The maximum atomic E-state index is 12.9. The molecule has 8 nitrogen and oxygen atoms in total. The fraction of sp³-hybridized carbons (Fsp3) is 0.318. The molecule has 2 aromatic carbocycles. The van der Waals surface area contributed by atoms with Crippen LogP contribution in [-0.4, -0.2) is 59.8 Å². The van der Waals surface area contributed by atoms with E-state index in [0.717, 1.165) is 18.7 Å². The summed E-state index contributed by atoms with van der Waals surface area (Å²) in [5.74, 6) is 2.51. The molecule has 1 N–H and O–H groups in total. The van der Waals surface area contributed by atoms with Crippen LogP contribution in [0.2, 0.25) is 0 Å². The molecule has 1 atom stereocenters. The molecule has 0 saturated carbocycles. The van der Waals surface area contributed by atoms with Gasteiger partial charge in [-0.3, -0.25) is 4.79 Å². The van der Waals surface area contributed by atoms with Crippen LogP contribution < -0.4 is 14.4 Å². The number of amides is 1. The largest absolute Gasteiger partial charge is 0.485 e. The van der Waals surface area contributed by atoms with Crippen LogP contribution in [0.25, 0.3) is 11.4 Å². The van der Waals surface area contributed by atoms with Crippen LogP contribution in [0.4, 0.5) is 0 Å². The molecule has 1 aromatic heterocycles. The molecule has 0 bridgehead atoms. The Morgan fingerprint density at radius 2 is 1.77 bits per heavy atom. The first-order valence-corrected chi connectivity index (χ1v) is 10.1. The zero-order chi connectivity index (χ0) is 20.3. The van der Waals surface area contributed by atoms with E-state index < -0.39 is 6.10 Å². The number of para-hydroxylation sites is 2. The summed E-state index contributed by atoms with van der Waals surface area (Å²) in [6.45, 7) is 3.86. The monoisotopic (exact) mass is 407 g/mol. The third-order valence-corrected chi connectivity index (χ3v) is 5.47. The Bertz CT molecular complexity index is 1010. The van der Waals surface area contributed by atoms with E-state index in [0.29, 0.717) is 42.8 Å². The van der Waals surface area contributed by atoms with E-state index in [1.807, 2.05) is 59.5 Å². The first kappa shape index (κ1) is 18.6. The van der Waals surface area contributed by atoms with E-state index >= 15 is 0 Å². The quantitative estimate of drug-likeness (QED) is 0.689. The number of ether oxygens (including phenoxy) is 2. The third-order valence-electron chi connectivity index (χ3n) is 5.47. The number of benzene rings is 2. The lowest BCUT2D eigenvalue weighted by molar-refractivity contribution is -0.918. The number of piperazine rings is 1. The summed E-state index contributed by atoms with van der Waals surface area (Å²) in [5.41, 5.74) is 0.939. The van der Waals surface area contributed by atoms with Crippen molar-refractivity contribution in [2.45, 2.75) is 12.6 Å². The highest BCUT2D eigenvalue weighted by molar-refractivity contribution is 5.82. The number of nitrogens with zero attached hydrogens (tertiary/aromatic N) is 3. The van der Waals surface area contributed by atoms with Gasteiger partial charge in [0.2, 0.25) is 11.9 Å². The van der Waals surface area contributed by atoms with Gasteiger partial charge in [0, 0.05) is 5.56 Å². The number of nitrogens with one attached hydrogen (secondary N) is 1. The number of aromatic nitrogens is 2. The van der Waals surface area contributed by atoms with Gasteiger partial charge in [-0.1, -0.05) is 47.6 Å². The highest BCUT2D eigenvalue weighted by Gasteiger charge is 2.34. The summed E-state index contributed by atoms with van der Waals surface area (Å²) in [6.07, 6.45) is -0.592. The van der Waals surface area contributed by atoms with E-state index in [1.54, 1.807) is 0 Å². The highest BCUT2D eigenvalue weighted by atomic mass is 16.6. The molecule has 0 aliphatic carbocycles. The Hall–Kier alpha value is -3.39. The number of rotatable bonds is 4. The number of hydrogen-bond donors (Lipinski definition) is 1.